The molecule has 0 aliphatic carbocycles. The monoisotopic (exact) mass is 469 g/mol. The number of rotatable bonds is 8. The number of halogens is 1. The maximum atomic E-state index is 5.76. The molecule has 148 valence electrons. The van der Waals surface area contributed by atoms with Crippen LogP contribution in [0.5, 0.6) is 0 Å². The van der Waals surface area contributed by atoms with Gasteiger partial charge in [-0.2, -0.15) is 0 Å². The SMILES string of the molecule is CN=C(NCCCOC1CCOC1)NCCN1CCCN(C)CC1.I. The molecule has 0 spiro atoms. The van der Waals surface area contributed by atoms with Crippen molar-refractivity contribution in [1.29, 1.82) is 0 Å². The third-order valence-corrected chi connectivity index (χ3v) is 4.61. The van der Waals surface area contributed by atoms with Gasteiger partial charge >= 0.3 is 0 Å². The highest BCUT2D eigenvalue weighted by Gasteiger charge is 2.15. The molecule has 8 heteroatoms. The second-order valence-corrected chi connectivity index (χ2v) is 6.63. The molecule has 1 atom stereocenters. The zero-order valence-electron chi connectivity index (χ0n) is 15.8. The van der Waals surface area contributed by atoms with Crippen LogP contribution in [0.2, 0.25) is 0 Å². The first-order valence-corrected chi connectivity index (χ1v) is 9.32. The molecule has 2 N–H and O–H groups in total. The Balaban J connectivity index is 0.00000312. The highest BCUT2D eigenvalue weighted by molar-refractivity contribution is 14.0. The molecule has 0 radical (unpaired) electrons. The van der Waals surface area contributed by atoms with E-state index in [2.05, 4.69) is 32.5 Å². The van der Waals surface area contributed by atoms with Crippen LogP contribution >= 0.6 is 24.0 Å². The molecule has 2 heterocycles. The third-order valence-electron chi connectivity index (χ3n) is 4.61. The van der Waals surface area contributed by atoms with E-state index in [9.17, 15) is 0 Å². The van der Waals surface area contributed by atoms with E-state index in [1.54, 1.807) is 0 Å². The lowest BCUT2D eigenvalue weighted by molar-refractivity contribution is 0.0420. The van der Waals surface area contributed by atoms with E-state index in [1.165, 1.54) is 26.1 Å². The zero-order chi connectivity index (χ0) is 17.0. The summed E-state index contributed by atoms with van der Waals surface area (Å²) in [6, 6.07) is 0. The van der Waals surface area contributed by atoms with Crippen molar-refractivity contribution in [3.63, 3.8) is 0 Å². The van der Waals surface area contributed by atoms with Crippen LogP contribution in [0.25, 0.3) is 0 Å². The van der Waals surface area contributed by atoms with E-state index in [0.29, 0.717) is 6.10 Å². The fourth-order valence-electron chi connectivity index (χ4n) is 3.05. The fraction of sp³-hybridized carbons (Fsp3) is 0.941. The van der Waals surface area contributed by atoms with Crippen LogP contribution in [0.15, 0.2) is 4.99 Å². The van der Waals surface area contributed by atoms with Gasteiger partial charge in [0.05, 0.1) is 12.7 Å². The number of aliphatic imine (C=N–C) groups is 1. The van der Waals surface area contributed by atoms with E-state index >= 15 is 0 Å². The molecule has 2 fully saturated rings. The van der Waals surface area contributed by atoms with Crippen molar-refractivity contribution in [2.24, 2.45) is 4.99 Å². The van der Waals surface area contributed by atoms with Crippen LogP contribution < -0.4 is 10.6 Å². The normalized spacial score (nSPS) is 23.1. The molecular weight excluding hydrogens is 433 g/mol. The van der Waals surface area contributed by atoms with Gasteiger partial charge in [-0.1, -0.05) is 0 Å². The Morgan fingerprint density at radius 1 is 1.20 bits per heavy atom. The Kier molecular flexibility index (Phi) is 12.8. The maximum absolute atomic E-state index is 5.76. The highest BCUT2D eigenvalue weighted by atomic mass is 127. The summed E-state index contributed by atoms with van der Waals surface area (Å²) in [6.07, 6.45) is 3.57. The second kappa shape index (κ2) is 14.0. The summed E-state index contributed by atoms with van der Waals surface area (Å²) >= 11 is 0. The summed E-state index contributed by atoms with van der Waals surface area (Å²) in [7, 11) is 4.03. The van der Waals surface area contributed by atoms with Crippen LogP contribution in [0.1, 0.15) is 19.3 Å². The van der Waals surface area contributed by atoms with Crippen LogP contribution in [0.4, 0.5) is 0 Å². The minimum Gasteiger partial charge on any atom is -0.379 e. The van der Waals surface area contributed by atoms with E-state index in [1.807, 2.05) is 7.05 Å². The van der Waals surface area contributed by atoms with Crippen molar-refractivity contribution in [2.45, 2.75) is 25.4 Å². The van der Waals surface area contributed by atoms with Crippen LogP contribution in [0, 0.1) is 0 Å². The van der Waals surface area contributed by atoms with Gasteiger partial charge < -0.3 is 29.9 Å². The Morgan fingerprint density at radius 2 is 2.04 bits per heavy atom. The lowest BCUT2D eigenvalue weighted by atomic mass is 10.3. The molecule has 25 heavy (non-hydrogen) atoms. The van der Waals surface area contributed by atoms with Crippen molar-refractivity contribution in [3.8, 4) is 0 Å². The number of nitrogens with one attached hydrogen (secondary N) is 2. The molecule has 0 amide bonds. The zero-order valence-corrected chi connectivity index (χ0v) is 18.2. The molecule has 2 aliphatic heterocycles. The molecule has 0 aromatic rings. The molecule has 2 saturated heterocycles. The lowest BCUT2D eigenvalue weighted by Crippen LogP contribution is -2.42. The Hall–Kier alpha value is -0.160. The van der Waals surface area contributed by atoms with Crippen molar-refractivity contribution in [3.05, 3.63) is 0 Å². The molecule has 0 bridgehead atoms. The summed E-state index contributed by atoms with van der Waals surface area (Å²) in [6.45, 7) is 9.98. The molecule has 2 rings (SSSR count). The summed E-state index contributed by atoms with van der Waals surface area (Å²) in [4.78, 5) is 9.22. The largest absolute Gasteiger partial charge is 0.379 e. The van der Waals surface area contributed by atoms with Crippen molar-refractivity contribution < 1.29 is 9.47 Å². The van der Waals surface area contributed by atoms with Gasteiger partial charge in [0.1, 0.15) is 0 Å². The number of hydrogen-bond donors (Lipinski definition) is 2. The smallest absolute Gasteiger partial charge is 0.191 e. The van der Waals surface area contributed by atoms with E-state index in [-0.39, 0.29) is 24.0 Å². The van der Waals surface area contributed by atoms with Crippen LogP contribution in [-0.2, 0) is 9.47 Å². The van der Waals surface area contributed by atoms with Gasteiger partial charge in [0.15, 0.2) is 5.96 Å². The van der Waals surface area contributed by atoms with Gasteiger partial charge in [-0.05, 0) is 39.4 Å². The van der Waals surface area contributed by atoms with E-state index in [0.717, 1.165) is 64.8 Å². The molecule has 2 aliphatic rings. The fourth-order valence-corrected chi connectivity index (χ4v) is 3.05. The first kappa shape index (κ1) is 22.9. The number of nitrogens with zero attached hydrogens (tertiary/aromatic N) is 3. The van der Waals surface area contributed by atoms with E-state index in [4.69, 9.17) is 9.47 Å². The van der Waals surface area contributed by atoms with Gasteiger partial charge in [-0.3, -0.25) is 4.99 Å². The number of likely N-dealkylation sites (N-methyl/N-ethyl adjacent to an activating group) is 1. The topological polar surface area (TPSA) is 61.4 Å². The van der Waals surface area contributed by atoms with Crippen molar-refractivity contribution >= 4 is 29.9 Å². The van der Waals surface area contributed by atoms with Crippen molar-refractivity contribution in [2.75, 3.05) is 79.7 Å². The Morgan fingerprint density at radius 3 is 2.80 bits per heavy atom. The predicted octanol–water partition coefficient (Wildman–Crippen LogP) is 0.603. The number of guanidine groups is 1. The number of ether oxygens (including phenoxy) is 2. The average molecular weight is 469 g/mol. The predicted molar refractivity (Wildman–Crippen MR) is 113 cm³/mol. The van der Waals surface area contributed by atoms with E-state index < -0.39 is 0 Å². The quantitative estimate of drug-likeness (QED) is 0.235. The van der Waals surface area contributed by atoms with Crippen LogP contribution in [0.3, 0.4) is 0 Å². The molecule has 0 saturated carbocycles. The number of hydrogen-bond acceptors (Lipinski definition) is 5. The van der Waals surface area contributed by atoms with Gasteiger partial charge in [0, 0.05) is 53.0 Å². The standard InChI is InChI=1S/C17H35N5O2.HI/c1-18-17(19-6-3-13-24-16-5-14-23-15-16)20-7-10-22-9-4-8-21(2)11-12-22;/h16H,3-15H2,1-2H3,(H2,18,19,20);1H. The third kappa shape index (κ3) is 9.93. The summed E-state index contributed by atoms with van der Waals surface area (Å²) in [5, 5.41) is 6.76. The summed E-state index contributed by atoms with van der Waals surface area (Å²) in [5.41, 5.74) is 0. The average Bonchev–Trinajstić information content (AvgIpc) is 3.02. The molecule has 0 aromatic heterocycles. The minimum absolute atomic E-state index is 0. The first-order valence-electron chi connectivity index (χ1n) is 9.32. The lowest BCUT2D eigenvalue weighted by Gasteiger charge is -2.21. The molecular formula is C17H36IN5O2. The van der Waals surface area contributed by atoms with Gasteiger partial charge in [0.2, 0.25) is 0 Å². The van der Waals surface area contributed by atoms with Gasteiger partial charge in [0.25, 0.3) is 0 Å². The highest BCUT2D eigenvalue weighted by Crippen LogP contribution is 2.07. The molecule has 1 unspecified atom stereocenters. The summed E-state index contributed by atoms with van der Waals surface area (Å²) in [5.74, 6) is 0.881. The van der Waals surface area contributed by atoms with Gasteiger partial charge in [-0.15, -0.1) is 24.0 Å². The van der Waals surface area contributed by atoms with Crippen molar-refractivity contribution in [1.82, 2.24) is 20.4 Å². The first-order chi connectivity index (χ1) is 11.8. The maximum Gasteiger partial charge on any atom is 0.191 e. The second-order valence-electron chi connectivity index (χ2n) is 6.63. The van der Waals surface area contributed by atoms with Gasteiger partial charge in [-0.25, -0.2) is 0 Å². The molecule has 7 nitrogen and oxygen atoms in total. The Labute approximate surface area is 169 Å². The minimum atomic E-state index is 0. The van der Waals surface area contributed by atoms with Crippen LogP contribution in [-0.4, -0.2) is 102 Å². The Bertz CT molecular complexity index is 367. The molecule has 0 aromatic carbocycles. The summed E-state index contributed by atoms with van der Waals surface area (Å²) < 4.78 is 11.1.